The van der Waals surface area contributed by atoms with Crippen LogP contribution in [0.15, 0.2) is 64.2 Å². The van der Waals surface area contributed by atoms with E-state index in [1.165, 1.54) is 76.2 Å². The summed E-state index contributed by atoms with van der Waals surface area (Å²) in [7, 11) is 0. The van der Waals surface area contributed by atoms with Crippen molar-refractivity contribution in [1.29, 1.82) is 0 Å². The van der Waals surface area contributed by atoms with E-state index in [2.05, 4.69) is 20.9 Å². The molecule has 6 rings (SSSR count). The molecule has 1 aromatic heterocycles. The highest BCUT2D eigenvalue weighted by atomic mass is 16.5. The molecule has 2 saturated carbocycles. The third-order valence-electron chi connectivity index (χ3n) is 9.85. The van der Waals surface area contributed by atoms with Crippen LogP contribution in [0.4, 0.5) is 5.69 Å². The van der Waals surface area contributed by atoms with Gasteiger partial charge in [-0.15, -0.1) is 0 Å². The quantitative estimate of drug-likeness (QED) is 0.232. The monoisotopic (exact) mass is 583 g/mol. The number of fused-ring (bicyclic) bond motifs is 1. The summed E-state index contributed by atoms with van der Waals surface area (Å²) >= 11 is 0. The Morgan fingerprint density at radius 3 is 2.47 bits per heavy atom. The van der Waals surface area contributed by atoms with Gasteiger partial charge in [-0.25, -0.2) is 9.98 Å². The Balaban J connectivity index is 1.15. The molecule has 1 aliphatic heterocycles. The molecule has 2 aromatic carbocycles. The first-order chi connectivity index (χ1) is 21.1. The summed E-state index contributed by atoms with van der Waals surface area (Å²) in [6, 6.07) is 17.3. The Bertz CT molecular complexity index is 1330. The highest BCUT2D eigenvalue weighted by molar-refractivity contribution is 5.84. The Morgan fingerprint density at radius 2 is 1.72 bits per heavy atom. The second-order valence-electron chi connectivity index (χ2n) is 12.8. The van der Waals surface area contributed by atoms with E-state index in [1.54, 1.807) is 0 Å². The first kappa shape index (κ1) is 29.7. The first-order valence-corrected chi connectivity index (χ1v) is 16.7. The van der Waals surface area contributed by atoms with E-state index in [9.17, 15) is 0 Å². The predicted molar refractivity (Wildman–Crippen MR) is 173 cm³/mol. The van der Waals surface area contributed by atoms with Crippen molar-refractivity contribution < 1.29 is 9.15 Å². The molecule has 0 amide bonds. The Morgan fingerprint density at radius 1 is 0.953 bits per heavy atom. The number of ether oxygens (including phenoxy) is 1. The van der Waals surface area contributed by atoms with Crippen molar-refractivity contribution in [1.82, 2.24) is 14.8 Å². The van der Waals surface area contributed by atoms with Crippen molar-refractivity contribution in [2.75, 3.05) is 13.1 Å². The fourth-order valence-electron chi connectivity index (χ4n) is 7.60. The molecule has 2 aliphatic carbocycles. The van der Waals surface area contributed by atoms with Crippen LogP contribution >= 0.6 is 0 Å². The van der Waals surface area contributed by atoms with Gasteiger partial charge in [-0.2, -0.15) is 0 Å². The van der Waals surface area contributed by atoms with Crippen molar-refractivity contribution in [3.8, 4) is 11.5 Å². The minimum atomic E-state index is 0.405. The van der Waals surface area contributed by atoms with Gasteiger partial charge in [0.05, 0.1) is 11.4 Å². The molecular formula is C36H49N5O2. The van der Waals surface area contributed by atoms with E-state index in [0.29, 0.717) is 24.0 Å². The van der Waals surface area contributed by atoms with Gasteiger partial charge in [0, 0.05) is 44.1 Å². The number of aromatic nitrogens is 1. The van der Waals surface area contributed by atoms with E-state index in [-0.39, 0.29) is 0 Å². The van der Waals surface area contributed by atoms with E-state index in [0.717, 1.165) is 61.2 Å². The molecule has 3 aliphatic rings. The number of para-hydroxylation sites is 1. The van der Waals surface area contributed by atoms with Crippen molar-refractivity contribution in [2.45, 2.75) is 109 Å². The molecular weight excluding hydrogens is 534 g/mol. The number of nitrogens with zero attached hydrogens (tertiary/aromatic N) is 4. The molecule has 2 fully saturated rings. The molecule has 230 valence electrons. The van der Waals surface area contributed by atoms with E-state index >= 15 is 0 Å². The molecule has 7 nitrogen and oxygen atoms in total. The number of oxazole rings is 1. The van der Waals surface area contributed by atoms with E-state index in [1.807, 2.05) is 55.7 Å². The standard InChI is InChI=1S/C36H49N5O2/c1-27-38-30(26-42-27)21-23-40(31-14-7-3-8-15-31)22-11-18-35(28-12-5-2-6-13-28)41-25-29-24-33(19-20-34(29)39-36(41)37)43-32-16-9-4-10-17-32/h4,9-10,16-17,19-20,24,26,28,31,35H,2-3,5-8,11-15,18,21-23,25H2,1H3,(H2,37,39)/t35-/m0/s1. The zero-order valence-electron chi connectivity index (χ0n) is 25.9. The van der Waals surface area contributed by atoms with Crippen molar-refractivity contribution in [3.63, 3.8) is 0 Å². The van der Waals surface area contributed by atoms with Crippen molar-refractivity contribution >= 4 is 11.6 Å². The lowest BCUT2D eigenvalue weighted by Crippen LogP contribution is -2.49. The van der Waals surface area contributed by atoms with Crippen LogP contribution in [0.2, 0.25) is 0 Å². The van der Waals surface area contributed by atoms with Crippen LogP contribution in [0.3, 0.4) is 0 Å². The lowest BCUT2D eigenvalue weighted by molar-refractivity contribution is 0.131. The van der Waals surface area contributed by atoms with Gasteiger partial charge >= 0.3 is 0 Å². The van der Waals surface area contributed by atoms with Gasteiger partial charge in [0.1, 0.15) is 17.8 Å². The first-order valence-electron chi connectivity index (χ1n) is 16.7. The number of hydrogen-bond acceptors (Lipinski definition) is 7. The molecule has 1 atom stereocenters. The molecule has 0 radical (unpaired) electrons. The molecule has 0 bridgehead atoms. The molecule has 2 N–H and O–H groups in total. The lowest BCUT2D eigenvalue weighted by atomic mass is 9.81. The van der Waals surface area contributed by atoms with Gasteiger partial charge < -0.3 is 19.8 Å². The maximum Gasteiger partial charge on any atom is 0.197 e. The van der Waals surface area contributed by atoms with Crippen LogP contribution in [-0.4, -0.2) is 45.9 Å². The summed E-state index contributed by atoms with van der Waals surface area (Å²) < 4.78 is 11.7. The molecule has 0 unspecified atom stereocenters. The van der Waals surface area contributed by atoms with E-state index < -0.39 is 0 Å². The van der Waals surface area contributed by atoms with Crippen molar-refractivity contribution in [2.24, 2.45) is 16.6 Å². The van der Waals surface area contributed by atoms with Crippen LogP contribution in [0, 0.1) is 12.8 Å². The van der Waals surface area contributed by atoms with Crippen LogP contribution in [0.25, 0.3) is 0 Å². The second kappa shape index (κ2) is 14.4. The number of nitrogens with two attached hydrogens (primary N) is 1. The zero-order chi connectivity index (χ0) is 29.4. The summed E-state index contributed by atoms with van der Waals surface area (Å²) in [6.45, 7) is 4.89. The smallest absolute Gasteiger partial charge is 0.197 e. The normalized spacial score (nSPS) is 18.8. The molecule has 3 aromatic rings. The largest absolute Gasteiger partial charge is 0.457 e. The summed E-state index contributed by atoms with van der Waals surface area (Å²) in [6.07, 6.45) is 18.4. The van der Waals surface area contributed by atoms with Gasteiger partial charge in [-0.3, -0.25) is 4.90 Å². The second-order valence-corrected chi connectivity index (χ2v) is 12.8. The third-order valence-corrected chi connectivity index (χ3v) is 9.85. The van der Waals surface area contributed by atoms with Gasteiger partial charge in [0.25, 0.3) is 0 Å². The van der Waals surface area contributed by atoms with Crippen LogP contribution in [0.5, 0.6) is 11.5 Å². The van der Waals surface area contributed by atoms with Gasteiger partial charge in [-0.05, 0) is 81.3 Å². The van der Waals surface area contributed by atoms with Gasteiger partial charge in [-0.1, -0.05) is 56.7 Å². The summed E-state index contributed by atoms with van der Waals surface area (Å²) in [4.78, 5) is 14.7. The third kappa shape index (κ3) is 7.80. The topological polar surface area (TPSA) is 80.1 Å². The van der Waals surface area contributed by atoms with Gasteiger partial charge in [0.2, 0.25) is 0 Å². The zero-order valence-corrected chi connectivity index (χ0v) is 25.9. The van der Waals surface area contributed by atoms with Crippen LogP contribution in [0.1, 0.15) is 94.2 Å². The fraction of sp³-hybridized carbons (Fsp3) is 0.556. The van der Waals surface area contributed by atoms with Gasteiger partial charge in [0.15, 0.2) is 11.9 Å². The Labute approximate surface area is 257 Å². The Hall–Kier alpha value is -3.32. The Kier molecular flexibility index (Phi) is 9.98. The SMILES string of the molecule is Cc1nc(CCN(CCC[C@@H](C2CCCCC2)N2Cc3cc(Oc4ccccc4)ccc3N=C2N)C2CCCCC2)co1. The minimum Gasteiger partial charge on any atom is -0.457 e. The summed E-state index contributed by atoms with van der Waals surface area (Å²) in [5.74, 6) is 3.79. The lowest BCUT2D eigenvalue weighted by Gasteiger charge is -2.42. The van der Waals surface area contributed by atoms with E-state index in [4.69, 9.17) is 19.9 Å². The van der Waals surface area contributed by atoms with Crippen LogP contribution in [-0.2, 0) is 13.0 Å². The molecule has 0 saturated heterocycles. The summed E-state index contributed by atoms with van der Waals surface area (Å²) in [5.41, 5.74) is 9.97. The van der Waals surface area contributed by atoms with Crippen molar-refractivity contribution in [3.05, 3.63) is 71.9 Å². The average Bonchev–Trinajstić information content (AvgIpc) is 3.47. The maximum atomic E-state index is 6.74. The number of benzene rings is 2. The minimum absolute atomic E-state index is 0.405. The number of aliphatic imine (C=N–C) groups is 1. The molecule has 2 heterocycles. The predicted octanol–water partition coefficient (Wildman–Crippen LogP) is 8.14. The number of guanidine groups is 1. The average molecular weight is 584 g/mol. The molecule has 7 heteroatoms. The maximum absolute atomic E-state index is 6.74. The highest BCUT2D eigenvalue weighted by Gasteiger charge is 2.33. The number of hydrogen-bond donors (Lipinski definition) is 1. The molecule has 43 heavy (non-hydrogen) atoms. The van der Waals surface area contributed by atoms with Crippen LogP contribution < -0.4 is 10.5 Å². The fourth-order valence-corrected chi connectivity index (χ4v) is 7.60. The molecule has 0 spiro atoms. The number of rotatable bonds is 12. The number of aryl methyl sites for hydroxylation is 1. The highest BCUT2D eigenvalue weighted by Crippen LogP contribution is 2.37. The summed E-state index contributed by atoms with van der Waals surface area (Å²) in [5, 5.41) is 0.